The molecule has 11 heteroatoms. The van der Waals surface area contributed by atoms with Crippen molar-refractivity contribution in [3.8, 4) is 5.69 Å². The average Bonchev–Trinajstić information content (AvgIpc) is 3.34. The monoisotopic (exact) mass is 494 g/mol. The highest BCUT2D eigenvalue weighted by Crippen LogP contribution is 2.29. The Bertz CT molecular complexity index is 1230. The van der Waals surface area contributed by atoms with Crippen LogP contribution in [0.4, 0.5) is 0 Å². The molecule has 1 aromatic carbocycles. The van der Waals surface area contributed by atoms with Crippen molar-refractivity contribution in [2.45, 2.75) is 58.7 Å². The van der Waals surface area contributed by atoms with E-state index in [1.807, 2.05) is 6.07 Å². The normalized spacial score (nSPS) is 22.9. The van der Waals surface area contributed by atoms with Crippen LogP contribution in [0.2, 0.25) is 0 Å². The number of imide groups is 1. The second-order valence-corrected chi connectivity index (χ2v) is 10.6. The molecule has 3 aliphatic rings. The molecule has 0 radical (unpaired) electrons. The molecule has 5 rings (SSSR count). The van der Waals surface area contributed by atoms with Gasteiger partial charge in [0.15, 0.2) is 5.69 Å². The summed E-state index contributed by atoms with van der Waals surface area (Å²) < 4.78 is 7.48. The number of benzene rings is 1. The minimum atomic E-state index is -0.669. The molecule has 36 heavy (non-hydrogen) atoms. The average molecular weight is 495 g/mol. The van der Waals surface area contributed by atoms with Gasteiger partial charge in [-0.05, 0) is 42.0 Å². The van der Waals surface area contributed by atoms with Crippen LogP contribution in [-0.4, -0.2) is 80.3 Å². The van der Waals surface area contributed by atoms with Gasteiger partial charge in [-0.15, -0.1) is 5.10 Å². The maximum atomic E-state index is 13.1. The standard InChI is InChI=1S/C25H30N6O5/c1-25(2,3)20-8-9-29(10-11-36-20)24(35)18-14-31(28-27-18)16-4-5-17-15(12-16)13-30(23(17)34)19-6-7-21(32)26-22(19)33/h4-5,12,14,19-20H,6-11,13H2,1-3H3,(H,26,32,33). The number of nitrogens with zero attached hydrogens (tertiary/aromatic N) is 5. The van der Waals surface area contributed by atoms with Crippen molar-refractivity contribution in [3.05, 3.63) is 41.2 Å². The van der Waals surface area contributed by atoms with Gasteiger partial charge in [0.25, 0.3) is 11.8 Å². The van der Waals surface area contributed by atoms with Crippen LogP contribution >= 0.6 is 0 Å². The zero-order valence-electron chi connectivity index (χ0n) is 20.7. The van der Waals surface area contributed by atoms with Gasteiger partial charge in [0.1, 0.15) is 6.04 Å². The number of carbonyl (C=O) groups is 4. The van der Waals surface area contributed by atoms with Crippen molar-refractivity contribution in [1.29, 1.82) is 0 Å². The van der Waals surface area contributed by atoms with E-state index in [-0.39, 0.29) is 47.9 Å². The molecule has 190 valence electrons. The summed E-state index contributed by atoms with van der Waals surface area (Å²) in [5.74, 6) is -1.20. The van der Waals surface area contributed by atoms with Crippen LogP contribution in [0.5, 0.6) is 0 Å². The van der Waals surface area contributed by atoms with Gasteiger partial charge in [-0.1, -0.05) is 26.0 Å². The molecular weight excluding hydrogens is 464 g/mol. The van der Waals surface area contributed by atoms with E-state index in [9.17, 15) is 19.2 Å². The molecule has 2 unspecified atom stereocenters. The number of amides is 4. The molecule has 11 nitrogen and oxygen atoms in total. The molecule has 2 saturated heterocycles. The fourth-order valence-corrected chi connectivity index (χ4v) is 5.01. The summed E-state index contributed by atoms with van der Waals surface area (Å²) in [4.78, 5) is 53.0. The summed E-state index contributed by atoms with van der Waals surface area (Å²) in [5.41, 5.74) is 2.17. The molecule has 0 spiro atoms. The Kier molecular flexibility index (Phi) is 6.11. The quantitative estimate of drug-likeness (QED) is 0.638. The van der Waals surface area contributed by atoms with E-state index in [1.54, 1.807) is 23.2 Å². The van der Waals surface area contributed by atoms with Crippen molar-refractivity contribution >= 4 is 23.6 Å². The van der Waals surface area contributed by atoms with Gasteiger partial charge in [-0.2, -0.15) is 0 Å². The van der Waals surface area contributed by atoms with Crippen LogP contribution in [0.25, 0.3) is 5.69 Å². The summed E-state index contributed by atoms with van der Waals surface area (Å²) in [6.45, 7) is 8.22. The van der Waals surface area contributed by atoms with Crippen LogP contribution in [0.1, 0.15) is 66.4 Å². The van der Waals surface area contributed by atoms with E-state index in [2.05, 4.69) is 36.4 Å². The first-order valence-electron chi connectivity index (χ1n) is 12.2. The van der Waals surface area contributed by atoms with E-state index in [4.69, 9.17) is 4.74 Å². The van der Waals surface area contributed by atoms with Gasteiger partial charge < -0.3 is 14.5 Å². The topological polar surface area (TPSA) is 127 Å². The molecule has 2 aromatic rings. The Morgan fingerprint density at radius 3 is 2.69 bits per heavy atom. The molecule has 3 aliphatic heterocycles. The zero-order valence-corrected chi connectivity index (χ0v) is 20.7. The fourth-order valence-electron chi connectivity index (χ4n) is 5.01. The molecule has 0 bridgehead atoms. The fraction of sp³-hybridized carbons (Fsp3) is 0.520. The molecule has 2 fully saturated rings. The summed E-state index contributed by atoms with van der Waals surface area (Å²) in [7, 11) is 0. The molecule has 4 amide bonds. The lowest BCUT2D eigenvalue weighted by atomic mass is 9.87. The highest BCUT2D eigenvalue weighted by Gasteiger charge is 2.39. The minimum Gasteiger partial charge on any atom is -0.376 e. The third kappa shape index (κ3) is 4.50. The number of aromatic nitrogens is 3. The number of nitrogens with one attached hydrogen (secondary N) is 1. The largest absolute Gasteiger partial charge is 0.376 e. The van der Waals surface area contributed by atoms with E-state index in [0.717, 1.165) is 12.0 Å². The van der Waals surface area contributed by atoms with Crippen LogP contribution in [0.15, 0.2) is 24.4 Å². The lowest BCUT2D eigenvalue weighted by Gasteiger charge is -2.29. The first-order valence-corrected chi connectivity index (χ1v) is 12.2. The van der Waals surface area contributed by atoms with Gasteiger partial charge in [0, 0.05) is 31.6 Å². The van der Waals surface area contributed by atoms with Crippen molar-refractivity contribution < 1.29 is 23.9 Å². The predicted molar refractivity (Wildman–Crippen MR) is 127 cm³/mol. The van der Waals surface area contributed by atoms with Crippen LogP contribution < -0.4 is 5.32 Å². The third-order valence-corrected chi connectivity index (χ3v) is 7.08. The van der Waals surface area contributed by atoms with Gasteiger partial charge in [0.2, 0.25) is 11.8 Å². The second-order valence-electron chi connectivity index (χ2n) is 10.6. The van der Waals surface area contributed by atoms with Gasteiger partial charge >= 0.3 is 0 Å². The Morgan fingerprint density at radius 1 is 1.14 bits per heavy atom. The van der Waals surface area contributed by atoms with Crippen molar-refractivity contribution in [3.63, 3.8) is 0 Å². The highest BCUT2D eigenvalue weighted by atomic mass is 16.5. The van der Waals surface area contributed by atoms with Crippen molar-refractivity contribution in [2.75, 3.05) is 19.7 Å². The number of piperidine rings is 1. The highest BCUT2D eigenvalue weighted by molar-refractivity contribution is 6.05. The summed E-state index contributed by atoms with van der Waals surface area (Å²) in [6, 6.07) is 4.58. The molecule has 4 heterocycles. The first-order chi connectivity index (χ1) is 17.1. The first kappa shape index (κ1) is 24.1. The Morgan fingerprint density at radius 2 is 1.94 bits per heavy atom. The summed E-state index contributed by atoms with van der Waals surface area (Å²) >= 11 is 0. The second kappa shape index (κ2) is 9.12. The van der Waals surface area contributed by atoms with E-state index >= 15 is 0 Å². The van der Waals surface area contributed by atoms with E-state index < -0.39 is 11.9 Å². The molecule has 2 atom stereocenters. The lowest BCUT2D eigenvalue weighted by Crippen LogP contribution is -2.52. The molecule has 0 aliphatic carbocycles. The van der Waals surface area contributed by atoms with Crippen LogP contribution in [-0.2, 0) is 20.9 Å². The molecule has 1 aromatic heterocycles. The Labute approximate surface area is 208 Å². The summed E-state index contributed by atoms with van der Waals surface area (Å²) in [6.07, 6.45) is 2.94. The number of hydrogen-bond acceptors (Lipinski definition) is 7. The molecule has 0 saturated carbocycles. The third-order valence-electron chi connectivity index (χ3n) is 7.08. The molecule has 1 N–H and O–H groups in total. The predicted octanol–water partition coefficient (Wildman–Crippen LogP) is 1.31. The van der Waals surface area contributed by atoms with Gasteiger partial charge in [-0.3, -0.25) is 24.5 Å². The number of hydrogen-bond donors (Lipinski definition) is 1. The van der Waals surface area contributed by atoms with E-state index in [0.29, 0.717) is 37.4 Å². The minimum absolute atomic E-state index is 0.00489. The maximum Gasteiger partial charge on any atom is 0.276 e. The van der Waals surface area contributed by atoms with Gasteiger partial charge in [0.05, 0.1) is 24.6 Å². The number of carbonyl (C=O) groups excluding carboxylic acids is 4. The Hall–Kier alpha value is -3.60. The van der Waals surface area contributed by atoms with Crippen molar-refractivity contribution in [2.24, 2.45) is 5.41 Å². The molecular formula is C25H30N6O5. The zero-order chi connectivity index (χ0) is 25.6. The lowest BCUT2D eigenvalue weighted by molar-refractivity contribution is -0.136. The Balaban J connectivity index is 1.29. The van der Waals surface area contributed by atoms with Crippen LogP contribution in [0, 0.1) is 5.41 Å². The number of fused-ring (bicyclic) bond motifs is 1. The van der Waals surface area contributed by atoms with Crippen LogP contribution in [0.3, 0.4) is 0 Å². The smallest absolute Gasteiger partial charge is 0.276 e. The van der Waals surface area contributed by atoms with E-state index in [1.165, 1.54) is 9.58 Å². The number of ether oxygens (including phenoxy) is 1. The SMILES string of the molecule is CC(C)(C)C1CCN(C(=O)c2cn(-c3ccc4c(c3)CN(C3CCC(=O)NC3=O)C4=O)nn2)CCO1. The number of rotatable bonds is 3. The van der Waals surface area contributed by atoms with Crippen molar-refractivity contribution in [1.82, 2.24) is 30.1 Å². The van der Waals surface area contributed by atoms with Gasteiger partial charge in [-0.25, -0.2) is 4.68 Å². The summed E-state index contributed by atoms with van der Waals surface area (Å²) in [5, 5.41) is 10.5. The maximum absolute atomic E-state index is 13.1.